The van der Waals surface area contributed by atoms with Crippen LogP contribution in [0, 0.1) is 5.92 Å². The highest BCUT2D eigenvalue weighted by molar-refractivity contribution is 7.10. The van der Waals surface area contributed by atoms with Crippen molar-refractivity contribution < 1.29 is 0 Å². The Labute approximate surface area is 97.2 Å². The molecule has 0 aromatic carbocycles. The molecule has 0 fully saturated rings. The Kier molecular flexibility index (Phi) is 5.06. The van der Waals surface area contributed by atoms with Crippen LogP contribution in [0.3, 0.4) is 0 Å². The summed E-state index contributed by atoms with van der Waals surface area (Å²) >= 11 is 1.83. The van der Waals surface area contributed by atoms with E-state index in [1.165, 1.54) is 10.5 Å². The maximum atomic E-state index is 3.59. The molecule has 0 bridgehead atoms. The van der Waals surface area contributed by atoms with Crippen LogP contribution in [0.1, 0.15) is 38.6 Å². The fourth-order valence-corrected chi connectivity index (χ4v) is 2.50. The van der Waals surface area contributed by atoms with Crippen molar-refractivity contribution in [3.8, 4) is 0 Å². The molecule has 1 N–H and O–H groups in total. The number of nitrogens with one attached hydrogen (secondary N) is 1. The first-order chi connectivity index (χ1) is 7.11. The van der Waals surface area contributed by atoms with Gasteiger partial charge in [0.15, 0.2) is 0 Å². The number of thiophene rings is 1. The summed E-state index contributed by atoms with van der Waals surface area (Å²) in [5, 5.41) is 5.73. The minimum Gasteiger partial charge on any atom is -0.306 e. The molecule has 1 nitrogen and oxygen atoms in total. The first kappa shape index (κ1) is 12.5. The zero-order valence-electron chi connectivity index (χ0n) is 10.1. The standard InChI is InChI=1S/C13H21NS/c1-10(2)7-8-14-13(11(3)4)12-6-5-9-15-12/h5-7,9,11,13-14H,8H2,1-4H3. The highest BCUT2D eigenvalue weighted by Crippen LogP contribution is 2.25. The van der Waals surface area contributed by atoms with E-state index in [0.717, 1.165) is 6.54 Å². The van der Waals surface area contributed by atoms with Gasteiger partial charge in [0.05, 0.1) is 0 Å². The predicted octanol–water partition coefficient (Wildman–Crippen LogP) is 4.00. The molecule has 0 saturated carbocycles. The summed E-state index contributed by atoms with van der Waals surface area (Å²) in [6.07, 6.45) is 2.24. The molecular formula is C13H21NS. The molecule has 1 unspecified atom stereocenters. The van der Waals surface area contributed by atoms with Crippen molar-refractivity contribution in [2.75, 3.05) is 6.54 Å². The molecule has 0 amide bonds. The van der Waals surface area contributed by atoms with Gasteiger partial charge in [0.25, 0.3) is 0 Å². The Morgan fingerprint density at radius 3 is 2.67 bits per heavy atom. The Bertz CT molecular complexity index is 294. The fourth-order valence-electron chi connectivity index (χ4n) is 1.52. The third-order valence-electron chi connectivity index (χ3n) is 2.36. The minimum absolute atomic E-state index is 0.487. The molecule has 0 spiro atoms. The minimum atomic E-state index is 0.487. The molecule has 1 atom stereocenters. The van der Waals surface area contributed by atoms with Gasteiger partial charge in [-0.15, -0.1) is 11.3 Å². The lowest BCUT2D eigenvalue weighted by molar-refractivity contribution is 0.435. The van der Waals surface area contributed by atoms with Gasteiger partial charge < -0.3 is 5.32 Å². The van der Waals surface area contributed by atoms with Crippen molar-refractivity contribution in [2.45, 2.75) is 33.7 Å². The molecular weight excluding hydrogens is 202 g/mol. The maximum Gasteiger partial charge on any atom is 0.0440 e. The summed E-state index contributed by atoms with van der Waals surface area (Å²) in [6, 6.07) is 4.82. The predicted molar refractivity (Wildman–Crippen MR) is 69.3 cm³/mol. The molecule has 1 aromatic rings. The highest BCUT2D eigenvalue weighted by Gasteiger charge is 2.14. The van der Waals surface area contributed by atoms with E-state index in [1.807, 2.05) is 11.3 Å². The average Bonchev–Trinajstić information content (AvgIpc) is 2.63. The lowest BCUT2D eigenvalue weighted by atomic mass is 10.0. The molecule has 0 saturated heterocycles. The van der Waals surface area contributed by atoms with Crippen LogP contribution in [0.25, 0.3) is 0 Å². The van der Waals surface area contributed by atoms with E-state index in [4.69, 9.17) is 0 Å². The van der Waals surface area contributed by atoms with Crippen molar-refractivity contribution >= 4 is 11.3 Å². The van der Waals surface area contributed by atoms with E-state index in [9.17, 15) is 0 Å². The van der Waals surface area contributed by atoms with Crippen molar-refractivity contribution in [2.24, 2.45) is 5.92 Å². The third-order valence-corrected chi connectivity index (χ3v) is 3.32. The van der Waals surface area contributed by atoms with E-state index in [-0.39, 0.29) is 0 Å². The van der Waals surface area contributed by atoms with Gasteiger partial charge >= 0.3 is 0 Å². The van der Waals surface area contributed by atoms with E-state index in [0.29, 0.717) is 12.0 Å². The van der Waals surface area contributed by atoms with Gasteiger partial charge in [-0.2, -0.15) is 0 Å². The molecule has 1 heterocycles. The van der Waals surface area contributed by atoms with Crippen LogP contribution >= 0.6 is 11.3 Å². The van der Waals surface area contributed by atoms with Gasteiger partial charge in [-0.3, -0.25) is 0 Å². The van der Waals surface area contributed by atoms with Gasteiger partial charge in [0.2, 0.25) is 0 Å². The van der Waals surface area contributed by atoms with Crippen LogP contribution in [-0.4, -0.2) is 6.54 Å². The molecule has 1 aromatic heterocycles. The Balaban J connectivity index is 2.57. The molecule has 0 aliphatic rings. The second-order valence-corrected chi connectivity index (χ2v) is 5.41. The second-order valence-electron chi connectivity index (χ2n) is 4.43. The summed E-state index contributed by atoms with van der Waals surface area (Å²) in [7, 11) is 0. The van der Waals surface area contributed by atoms with Crippen molar-refractivity contribution in [1.82, 2.24) is 5.32 Å². The summed E-state index contributed by atoms with van der Waals surface area (Å²) < 4.78 is 0. The SMILES string of the molecule is CC(C)=CCNC(c1cccs1)C(C)C. The molecule has 0 aliphatic heterocycles. The monoisotopic (exact) mass is 223 g/mol. The lowest BCUT2D eigenvalue weighted by Crippen LogP contribution is -2.25. The second kappa shape index (κ2) is 6.09. The zero-order chi connectivity index (χ0) is 11.3. The largest absolute Gasteiger partial charge is 0.306 e. The van der Waals surface area contributed by atoms with Crippen LogP contribution in [0.15, 0.2) is 29.2 Å². The third kappa shape index (κ3) is 4.18. The summed E-state index contributed by atoms with van der Waals surface area (Å²) in [4.78, 5) is 1.44. The average molecular weight is 223 g/mol. The summed E-state index contributed by atoms with van der Waals surface area (Å²) in [6.45, 7) is 9.76. The number of hydrogen-bond acceptors (Lipinski definition) is 2. The van der Waals surface area contributed by atoms with Gasteiger partial charge in [0.1, 0.15) is 0 Å². The lowest BCUT2D eigenvalue weighted by Gasteiger charge is -2.20. The van der Waals surface area contributed by atoms with Crippen LogP contribution in [0.4, 0.5) is 0 Å². The van der Waals surface area contributed by atoms with Gasteiger partial charge in [-0.1, -0.05) is 31.6 Å². The van der Waals surface area contributed by atoms with Crippen molar-refractivity contribution in [3.05, 3.63) is 34.0 Å². The summed E-state index contributed by atoms with van der Waals surface area (Å²) in [5.74, 6) is 0.634. The maximum absolute atomic E-state index is 3.59. The smallest absolute Gasteiger partial charge is 0.0440 e. The van der Waals surface area contributed by atoms with Gasteiger partial charge in [-0.25, -0.2) is 0 Å². The van der Waals surface area contributed by atoms with E-state index in [1.54, 1.807) is 0 Å². The van der Waals surface area contributed by atoms with Crippen LogP contribution in [0.5, 0.6) is 0 Å². The number of rotatable bonds is 5. The highest BCUT2D eigenvalue weighted by atomic mass is 32.1. The Morgan fingerprint density at radius 2 is 2.20 bits per heavy atom. The van der Waals surface area contributed by atoms with E-state index in [2.05, 4.69) is 56.6 Å². The van der Waals surface area contributed by atoms with E-state index < -0.39 is 0 Å². The molecule has 0 radical (unpaired) electrons. The van der Waals surface area contributed by atoms with E-state index >= 15 is 0 Å². The van der Waals surface area contributed by atoms with Gasteiger partial charge in [0, 0.05) is 17.5 Å². The van der Waals surface area contributed by atoms with Crippen LogP contribution in [0.2, 0.25) is 0 Å². The Morgan fingerprint density at radius 1 is 1.47 bits per heavy atom. The normalized spacial score (nSPS) is 12.9. The summed E-state index contributed by atoms with van der Waals surface area (Å²) in [5.41, 5.74) is 1.37. The first-order valence-electron chi connectivity index (χ1n) is 5.51. The first-order valence-corrected chi connectivity index (χ1v) is 6.39. The van der Waals surface area contributed by atoms with Crippen LogP contribution < -0.4 is 5.32 Å². The number of hydrogen-bond donors (Lipinski definition) is 1. The van der Waals surface area contributed by atoms with Gasteiger partial charge in [-0.05, 0) is 31.2 Å². The molecule has 2 heteroatoms. The van der Waals surface area contributed by atoms with Crippen LogP contribution in [-0.2, 0) is 0 Å². The zero-order valence-corrected chi connectivity index (χ0v) is 10.9. The molecule has 84 valence electrons. The fraction of sp³-hybridized carbons (Fsp3) is 0.538. The quantitative estimate of drug-likeness (QED) is 0.744. The topological polar surface area (TPSA) is 12.0 Å². The molecule has 1 rings (SSSR count). The number of allylic oxidation sites excluding steroid dienone is 1. The molecule has 15 heavy (non-hydrogen) atoms. The molecule has 0 aliphatic carbocycles. The van der Waals surface area contributed by atoms with Crippen molar-refractivity contribution in [1.29, 1.82) is 0 Å². The van der Waals surface area contributed by atoms with Crippen molar-refractivity contribution in [3.63, 3.8) is 0 Å². The Hall–Kier alpha value is -0.600.